The van der Waals surface area contributed by atoms with Crippen molar-refractivity contribution in [2.45, 2.75) is 39.4 Å². The fourth-order valence-corrected chi connectivity index (χ4v) is 5.97. The number of rotatable bonds is 5. The molecular weight excluding hydrogens is 656 g/mol. The Morgan fingerprint density at radius 2 is 1.46 bits per heavy atom. The molecule has 1 aliphatic heterocycles. The number of esters is 1. The minimum atomic E-state index is -1.55. The molecular formula is C32H26Br2O7. The van der Waals surface area contributed by atoms with Crippen molar-refractivity contribution in [2.24, 2.45) is 5.92 Å². The third-order valence-electron chi connectivity index (χ3n) is 7.88. The molecule has 7 nitrogen and oxygen atoms in total. The van der Waals surface area contributed by atoms with Crippen molar-refractivity contribution in [3.63, 3.8) is 0 Å². The molecule has 0 bridgehead atoms. The van der Waals surface area contributed by atoms with E-state index in [-0.39, 0.29) is 28.4 Å². The lowest BCUT2D eigenvalue weighted by atomic mass is 9.70. The van der Waals surface area contributed by atoms with Gasteiger partial charge >= 0.3 is 5.97 Å². The second-order valence-corrected chi connectivity index (χ2v) is 12.2. The van der Waals surface area contributed by atoms with Crippen LogP contribution in [0.4, 0.5) is 0 Å². The van der Waals surface area contributed by atoms with Crippen LogP contribution in [0.15, 0.2) is 74.9 Å². The minimum absolute atomic E-state index is 0.0139. The maximum absolute atomic E-state index is 13.8. The van der Waals surface area contributed by atoms with Crippen LogP contribution in [0, 0.1) is 19.8 Å². The first-order valence-electron chi connectivity index (χ1n) is 12.8. The van der Waals surface area contributed by atoms with E-state index >= 15 is 0 Å². The Morgan fingerprint density at radius 1 is 0.902 bits per heavy atom. The van der Waals surface area contributed by atoms with Crippen molar-refractivity contribution in [1.29, 1.82) is 0 Å². The van der Waals surface area contributed by atoms with E-state index in [2.05, 4.69) is 31.9 Å². The number of ketones is 3. The quantitative estimate of drug-likeness (QED) is 0.167. The highest BCUT2D eigenvalue weighted by molar-refractivity contribution is 9.10. The van der Waals surface area contributed by atoms with E-state index in [1.54, 1.807) is 75.4 Å². The second-order valence-electron chi connectivity index (χ2n) is 10.3. The lowest BCUT2D eigenvalue weighted by Gasteiger charge is -2.44. The normalized spacial score (nSPS) is 21.8. The van der Waals surface area contributed by atoms with E-state index < -0.39 is 35.2 Å². The predicted molar refractivity (Wildman–Crippen MR) is 158 cm³/mol. The summed E-state index contributed by atoms with van der Waals surface area (Å²) in [4.78, 5) is 54.6. The summed E-state index contributed by atoms with van der Waals surface area (Å²) in [5.74, 6) is -3.07. The van der Waals surface area contributed by atoms with Gasteiger partial charge in [-0.05, 0) is 75.7 Å². The standard InChI is InChI=1S/C32H26Br2O7/c1-15-14-22(26(36)18-6-10-20(33)11-7-18)16(2)28-23(15)31(38)41-29-17(3)25(35)24(32(4,39-5)30(29)40-28)27(37)19-8-12-21(34)13-9-19/h6-14,24,30H,1-5H3. The molecule has 41 heavy (non-hydrogen) atoms. The van der Waals surface area contributed by atoms with Crippen LogP contribution in [0.25, 0.3) is 0 Å². The second kappa shape index (κ2) is 10.8. The topological polar surface area (TPSA) is 96.0 Å². The fourth-order valence-electron chi connectivity index (χ4n) is 5.44. The van der Waals surface area contributed by atoms with Gasteiger partial charge in [-0.3, -0.25) is 14.4 Å². The van der Waals surface area contributed by atoms with Gasteiger partial charge in [0, 0.05) is 43.9 Å². The molecule has 3 aromatic rings. The summed E-state index contributed by atoms with van der Waals surface area (Å²) in [6, 6.07) is 15.3. The largest absolute Gasteiger partial charge is 0.478 e. The summed E-state index contributed by atoms with van der Waals surface area (Å²) in [5, 5.41) is 0. The average Bonchev–Trinajstić information content (AvgIpc) is 3.11. The van der Waals surface area contributed by atoms with Crippen molar-refractivity contribution in [2.75, 3.05) is 7.11 Å². The number of ether oxygens (including phenoxy) is 3. The van der Waals surface area contributed by atoms with Gasteiger partial charge in [-0.1, -0.05) is 44.0 Å². The van der Waals surface area contributed by atoms with Crippen LogP contribution >= 0.6 is 31.9 Å². The van der Waals surface area contributed by atoms with E-state index in [9.17, 15) is 19.2 Å². The number of hydrogen-bond acceptors (Lipinski definition) is 7. The average molecular weight is 682 g/mol. The lowest BCUT2D eigenvalue weighted by Crippen LogP contribution is -2.60. The molecule has 3 unspecified atom stereocenters. The first-order valence-corrected chi connectivity index (χ1v) is 14.4. The van der Waals surface area contributed by atoms with Gasteiger partial charge in [0.05, 0.1) is 0 Å². The molecule has 2 aliphatic rings. The molecule has 0 fully saturated rings. The summed E-state index contributed by atoms with van der Waals surface area (Å²) in [7, 11) is 1.38. The molecule has 0 amide bonds. The lowest BCUT2D eigenvalue weighted by molar-refractivity contribution is -0.142. The highest BCUT2D eigenvalue weighted by atomic mass is 79.9. The maximum atomic E-state index is 13.8. The maximum Gasteiger partial charge on any atom is 0.347 e. The van der Waals surface area contributed by atoms with E-state index in [0.29, 0.717) is 27.8 Å². The third kappa shape index (κ3) is 4.79. The Morgan fingerprint density at radius 3 is 2.02 bits per heavy atom. The van der Waals surface area contributed by atoms with Crippen molar-refractivity contribution in [3.8, 4) is 5.75 Å². The van der Waals surface area contributed by atoms with Crippen LogP contribution in [-0.2, 0) is 14.3 Å². The van der Waals surface area contributed by atoms with Crippen LogP contribution in [0.2, 0.25) is 0 Å². The van der Waals surface area contributed by atoms with Gasteiger partial charge in [-0.15, -0.1) is 0 Å². The molecule has 0 radical (unpaired) electrons. The third-order valence-corrected chi connectivity index (χ3v) is 8.94. The van der Waals surface area contributed by atoms with Crippen LogP contribution in [0.1, 0.15) is 61.6 Å². The summed E-state index contributed by atoms with van der Waals surface area (Å²) in [6.45, 7) is 6.50. The van der Waals surface area contributed by atoms with Gasteiger partial charge in [-0.2, -0.15) is 0 Å². The fraction of sp³-hybridized carbons (Fsp3) is 0.250. The molecule has 3 aromatic carbocycles. The first-order chi connectivity index (χ1) is 19.4. The molecule has 0 N–H and O–H groups in total. The van der Waals surface area contributed by atoms with Crippen molar-refractivity contribution >= 4 is 55.2 Å². The molecule has 5 rings (SSSR count). The Hall–Kier alpha value is -3.40. The summed E-state index contributed by atoms with van der Waals surface area (Å²) in [5.41, 5.74) is 0.744. The number of hydrogen-bond donors (Lipinski definition) is 0. The number of carbonyl (C=O) groups excluding carboxylic acids is 4. The van der Waals surface area contributed by atoms with Gasteiger partial charge in [0.25, 0.3) is 0 Å². The molecule has 0 saturated heterocycles. The highest BCUT2D eigenvalue weighted by Gasteiger charge is 2.59. The monoisotopic (exact) mass is 680 g/mol. The predicted octanol–water partition coefficient (Wildman–Crippen LogP) is 6.74. The van der Waals surface area contributed by atoms with Gasteiger partial charge in [0.2, 0.25) is 0 Å². The number of Topliss-reactive ketones (excluding diaryl/α,β-unsaturated/α-hetero) is 2. The summed E-state index contributed by atoms with van der Waals surface area (Å²) < 4.78 is 19.9. The molecule has 9 heteroatoms. The molecule has 0 saturated carbocycles. The number of halogens is 2. The van der Waals surface area contributed by atoms with Crippen LogP contribution in [0.5, 0.6) is 5.75 Å². The van der Waals surface area contributed by atoms with E-state index in [1.807, 2.05) is 0 Å². The zero-order valence-corrected chi connectivity index (χ0v) is 26.1. The number of fused-ring (bicyclic) bond motifs is 2. The Balaban J connectivity index is 1.66. The molecule has 1 aliphatic carbocycles. The Kier molecular flexibility index (Phi) is 7.65. The van der Waals surface area contributed by atoms with Gasteiger partial charge in [0.15, 0.2) is 29.2 Å². The van der Waals surface area contributed by atoms with E-state index in [0.717, 1.165) is 8.95 Å². The zero-order valence-electron chi connectivity index (χ0n) is 23.0. The number of aryl methyl sites for hydroxylation is 1. The van der Waals surface area contributed by atoms with Gasteiger partial charge in [-0.25, -0.2) is 4.79 Å². The molecule has 3 atom stereocenters. The smallest absolute Gasteiger partial charge is 0.347 e. The van der Waals surface area contributed by atoms with Crippen molar-refractivity contribution in [1.82, 2.24) is 0 Å². The number of methoxy groups -OCH3 is 1. The summed E-state index contributed by atoms with van der Waals surface area (Å²) in [6.07, 6.45) is -1.14. The Labute approximate surface area is 254 Å². The highest BCUT2D eigenvalue weighted by Crippen LogP contribution is 2.46. The van der Waals surface area contributed by atoms with Gasteiger partial charge < -0.3 is 14.2 Å². The SMILES string of the molecule is COC1(C)C2Oc3c(C)c(C(=O)c4ccc(Br)cc4)cc(C)c3C(=O)OC2=C(C)C(=O)C1C(=O)c1ccc(Br)cc1. The zero-order chi connectivity index (χ0) is 29.8. The number of carbonyl (C=O) groups is 4. The summed E-state index contributed by atoms with van der Waals surface area (Å²) >= 11 is 6.75. The molecule has 210 valence electrons. The first kappa shape index (κ1) is 29.1. The van der Waals surface area contributed by atoms with Crippen molar-refractivity contribution in [3.05, 3.63) is 108 Å². The Bertz CT molecular complexity index is 1650. The molecule has 0 aromatic heterocycles. The molecule has 1 heterocycles. The number of benzene rings is 3. The minimum Gasteiger partial charge on any atom is -0.478 e. The van der Waals surface area contributed by atoms with Crippen LogP contribution < -0.4 is 4.74 Å². The van der Waals surface area contributed by atoms with Gasteiger partial charge in [0.1, 0.15) is 22.8 Å². The van der Waals surface area contributed by atoms with Crippen LogP contribution in [-0.4, -0.2) is 42.1 Å². The molecule has 0 spiro atoms. The van der Waals surface area contributed by atoms with Crippen LogP contribution in [0.3, 0.4) is 0 Å². The van der Waals surface area contributed by atoms with E-state index in [4.69, 9.17) is 14.2 Å². The van der Waals surface area contributed by atoms with E-state index in [1.165, 1.54) is 14.0 Å². The number of allylic oxidation sites excluding steroid dienone is 1. The van der Waals surface area contributed by atoms with Crippen molar-refractivity contribution < 1.29 is 33.4 Å².